The molecule has 1 fully saturated rings. The molecule has 0 heterocycles. The lowest BCUT2D eigenvalue weighted by Gasteiger charge is -2.15. The van der Waals surface area contributed by atoms with E-state index in [0.717, 1.165) is 24.0 Å². The monoisotopic (exact) mass is 368 g/mol. The van der Waals surface area contributed by atoms with E-state index in [-0.39, 0.29) is 5.97 Å². The molecule has 5 heteroatoms. The van der Waals surface area contributed by atoms with Crippen molar-refractivity contribution in [1.29, 1.82) is 0 Å². The fourth-order valence-corrected chi connectivity index (χ4v) is 2.57. The number of hydrogen-bond donors (Lipinski definition) is 0. The average molecular weight is 368 g/mol. The molecule has 0 aliphatic heterocycles. The van der Waals surface area contributed by atoms with E-state index in [1.807, 2.05) is 30.3 Å². The summed E-state index contributed by atoms with van der Waals surface area (Å²) in [5, 5.41) is 0. The molecule has 5 nitrogen and oxygen atoms in total. The summed E-state index contributed by atoms with van der Waals surface area (Å²) in [6, 6.07) is 13.5. The zero-order valence-electron chi connectivity index (χ0n) is 15.6. The van der Waals surface area contributed by atoms with Crippen LogP contribution in [0, 0.1) is 5.92 Å². The van der Waals surface area contributed by atoms with E-state index in [4.69, 9.17) is 18.9 Å². The summed E-state index contributed by atoms with van der Waals surface area (Å²) >= 11 is 0. The molecule has 0 atom stereocenters. The van der Waals surface area contributed by atoms with Crippen LogP contribution in [0.3, 0.4) is 0 Å². The number of carbonyl (C=O) groups excluding carboxylic acids is 1. The SMILES string of the molecule is COc1cc(/C=C/C(=O)OCC2CC2)cc(OC)c1OCc1ccccc1. The van der Waals surface area contributed by atoms with Crippen LogP contribution in [0.15, 0.2) is 48.5 Å². The van der Waals surface area contributed by atoms with E-state index >= 15 is 0 Å². The molecule has 0 saturated heterocycles. The van der Waals surface area contributed by atoms with E-state index < -0.39 is 0 Å². The lowest BCUT2D eigenvalue weighted by molar-refractivity contribution is -0.138. The third-order valence-electron chi connectivity index (χ3n) is 4.28. The average Bonchev–Trinajstić information content (AvgIpc) is 3.54. The molecule has 0 amide bonds. The Morgan fingerprint density at radius 2 is 1.74 bits per heavy atom. The van der Waals surface area contributed by atoms with Gasteiger partial charge in [0.15, 0.2) is 11.5 Å². The summed E-state index contributed by atoms with van der Waals surface area (Å²) in [6.45, 7) is 0.901. The number of carbonyl (C=O) groups is 1. The maximum absolute atomic E-state index is 11.8. The lowest BCUT2D eigenvalue weighted by Crippen LogP contribution is -2.03. The highest BCUT2D eigenvalue weighted by Gasteiger charge is 2.22. The predicted molar refractivity (Wildman–Crippen MR) is 103 cm³/mol. The molecular formula is C22H24O5. The van der Waals surface area contributed by atoms with Crippen molar-refractivity contribution in [2.45, 2.75) is 19.4 Å². The van der Waals surface area contributed by atoms with Crippen LogP contribution in [-0.4, -0.2) is 26.8 Å². The van der Waals surface area contributed by atoms with Crippen molar-refractivity contribution in [3.63, 3.8) is 0 Å². The highest BCUT2D eigenvalue weighted by Crippen LogP contribution is 2.39. The summed E-state index contributed by atoms with van der Waals surface area (Å²) in [5.41, 5.74) is 1.81. The van der Waals surface area contributed by atoms with Crippen LogP contribution in [0.5, 0.6) is 17.2 Å². The van der Waals surface area contributed by atoms with Gasteiger partial charge in [-0.15, -0.1) is 0 Å². The first kappa shape index (κ1) is 18.8. The Morgan fingerprint density at radius 1 is 1.07 bits per heavy atom. The number of methoxy groups -OCH3 is 2. The molecule has 0 spiro atoms. The Morgan fingerprint density at radius 3 is 2.33 bits per heavy atom. The first-order chi connectivity index (χ1) is 13.2. The molecule has 0 bridgehead atoms. The second-order valence-corrected chi connectivity index (χ2v) is 6.44. The molecule has 3 rings (SSSR count). The second kappa shape index (κ2) is 9.12. The number of hydrogen-bond acceptors (Lipinski definition) is 5. The Balaban J connectivity index is 1.71. The number of esters is 1. The van der Waals surface area contributed by atoms with Gasteiger partial charge in [0.25, 0.3) is 0 Å². The quantitative estimate of drug-likeness (QED) is 0.489. The number of ether oxygens (including phenoxy) is 4. The molecule has 0 radical (unpaired) electrons. The minimum absolute atomic E-state index is 0.343. The Labute approximate surface area is 159 Å². The van der Waals surface area contributed by atoms with Crippen molar-refractivity contribution in [2.24, 2.45) is 5.92 Å². The highest BCUT2D eigenvalue weighted by molar-refractivity contribution is 5.87. The Hall–Kier alpha value is -2.95. The predicted octanol–water partition coefficient (Wildman–Crippen LogP) is 4.25. The fraction of sp³-hybridized carbons (Fsp3) is 0.318. The first-order valence-electron chi connectivity index (χ1n) is 8.97. The Kier molecular flexibility index (Phi) is 6.36. The maximum Gasteiger partial charge on any atom is 0.330 e. The van der Waals surface area contributed by atoms with Gasteiger partial charge in [-0.3, -0.25) is 0 Å². The normalized spacial score (nSPS) is 13.4. The zero-order valence-corrected chi connectivity index (χ0v) is 15.6. The van der Waals surface area contributed by atoms with Crippen molar-refractivity contribution in [2.75, 3.05) is 20.8 Å². The van der Waals surface area contributed by atoms with Crippen molar-refractivity contribution >= 4 is 12.0 Å². The summed E-state index contributed by atoms with van der Waals surface area (Å²) < 4.78 is 22.0. The van der Waals surface area contributed by atoms with E-state index in [2.05, 4.69) is 0 Å². The van der Waals surface area contributed by atoms with Crippen molar-refractivity contribution < 1.29 is 23.7 Å². The van der Waals surface area contributed by atoms with Crippen molar-refractivity contribution in [3.05, 3.63) is 59.7 Å². The van der Waals surface area contributed by atoms with Crippen LogP contribution >= 0.6 is 0 Å². The summed E-state index contributed by atoms with van der Waals surface area (Å²) in [7, 11) is 3.14. The van der Waals surface area contributed by atoms with Gasteiger partial charge in [-0.2, -0.15) is 0 Å². The van der Waals surface area contributed by atoms with E-state index in [1.54, 1.807) is 32.4 Å². The molecule has 142 valence electrons. The van der Waals surface area contributed by atoms with Crippen molar-refractivity contribution in [3.8, 4) is 17.2 Å². The van der Waals surface area contributed by atoms with Gasteiger partial charge in [-0.25, -0.2) is 4.79 Å². The first-order valence-corrected chi connectivity index (χ1v) is 8.97. The molecular weight excluding hydrogens is 344 g/mol. The molecule has 0 aromatic heterocycles. The second-order valence-electron chi connectivity index (χ2n) is 6.44. The maximum atomic E-state index is 11.8. The van der Waals surface area contributed by atoms with E-state index in [9.17, 15) is 4.79 Å². The molecule has 1 aliphatic rings. The van der Waals surface area contributed by atoms with Crippen LogP contribution in [-0.2, 0) is 16.1 Å². The van der Waals surface area contributed by atoms with Crippen molar-refractivity contribution in [1.82, 2.24) is 0 Å². The lowest BCUT2D eigenvalue weighted by atomic mass is 10.1. The van der Waals surface area contributed by atoms with Gasteiger partial charge in [0, 0.05) is 6.08 Å². The van der Waals surface area contributed by atoms with Gasteiger partial charge in [-0.1, -0.05) is 30.3 Å². The summed E-state index contributed by atoms with van der Waals surface area (Å²) in [5.74, 6) is 1.80. The third kappa shape index (κ3) is 5.51. The molecule has 0 N–H and O–H groups in total. The summed E-state index contributed by atoms with van der Waals surface area (Å²) in [6.07, 6.45) is 5.40. The molecule has 1 aliphatic carbocycles. The zero-order chi connectivity index (χ0) is 19.1. The number of benzene rings is 2. The largest absolute Gasteiger partial charge is 0.493 e. The van der Waals surface area contributed by atoms with Gasteiger partial charge in [0.1, 0.15) is 6.61 Å². The standard InChI is InChI=1S/C22H24O5/c1-24-19-12-18(10-11-21(23)26-14-17-8-9-17)13-20(25-2)22(19)27-15-16-6-4-3-5-7-16/h3-7,10-13,17H,8-9,14-15H2,1-2H3/b11-10+. The highest BCUT2D eigenvalue weighted by atomic mass is 16.5. The van der Waals surface area contributed by atoms with Gasteiger partial charge in [0.2, 0.25) is 5.75 Å². The van der Waals surface area contributed by atoms with Crippen LogP contribution in [0.25, 0.3) is 6.08 Å². The van der Waals surface area contributed by atoms with Crippen LogP contribution in [0.2, 0.25) is 0 Å². The van der Waals surface area contributed by atoms with Crippen LogP contribution in [0.4, 0.5) is 0 Å². The fourth-order valence-electron chi connectivity index (χ4n) is 2.57. The van der Waals surface area contributed by atoms with E-state index in [0.29, 0.717) is 36.4 Å². The molecule has 0 unspecified atom stereocenters. The van der Waals surface area contributed by atoms with Gasteiger partial charge < -0.3 is 18.9 Å². The van der Waals surface area contributed by atoms with Gasteiger partial charge in [0.05, 0.1) is 20.8 Å². The minimum Gasteiger partial charge on any atom is -0.493 e. The molecule has 27 heavy (non-hydrogen) atoms. The molecule has 1 saturated carbocycles. The van der Waals surface area contributed by atoms with Crippen LogP contribution < -0.4 is 14.2 Å². The Bertz CT molecular complexity index is 769. The summed E-state index contributed by atoms with van der Waals surface area (Å²) in [4.78, 5) is 11.8. The molecule has 2 aromatic rings. The minimum atomic E-state index is -0.343. The van der Waals surface area contributed by atoms with Gasteiger partial charge in [-0.05, 0) is 48.1 Å². The topological polar surface area (TPSA) is 54.0 Å². The van der Waals surface area contributed by atoms with E-state index in [1.165, 1.54) is 6.08 Å². The van der Waals surface area contributed by atoms with Crippen LogP contribution in [0.1, 0.15) is 24.0 Å². The van der Waals surface area contributed by atoms with Gasteiger partial charge >= 0.3 is 5.97 Å². The smallest absolute Gasteiger partial charge is 0.330 e. The number of rotatable bonds is 9. The molecule has 2 aromatic carbocycles. The third-order valence-corrected chi connectivity index (χ3v) is 4.28.